The molecule has 1 saturated heterocycles. The van der Waals surface area contributed by atoms with Crippen molar-refractivity contribution < 1.29 is 27.9 Å². The molecule has 24 heavy (non-hydrogen) atoms. The molecule has 1 aliphatic heterocycles. The van der Waals surface area contributed by atoms with E-state index in [-0.39, 0.29) is 43.4 Å². The Morgan fingerprint density at radius 3 is 2.21 bits per heavy atom. The van der Waals surface area contributed by atoms with Gasteiger partial charge in [0, 0.05) is 25.7 Å². The molecule has 1 N–H and O–H groups in total. The summed E-state index contributed by atoms with van der Waals surface area (Å²) >= 11 is 0. The van der Waals surface area contributed by atoms with Gasteiger partial charge in [-0.25, -0.2) is 0 Å². The van der Waals surface area contributed by atoms with E-state index in [0.29, 0.717) is 6.54 Å². The number of carboxylic acids is 1. The molecule has 1 heterocycles. The highest BCUT2D eigenvalue weighted by Crippen LogP contribution is 2.38. The summed E-state index contributed by atoms with van der Waals surface area (Å²) in [6.45, 7) is 3.76. The highest BCUT2D eigenvalue weighted by atomic mass is 35.5. The third-order valence-corrected chi connectivity index (χ3v) is 4.36. The Morgan fingerprint density at radius 2 is 1.83 bits per heavy atom. The topological polar surface area (TPSA) is 60.9 Å². The van der Waals surface area contributed by atoms with E-state index >= 15 is 0 Å². The van der Waals surface area contributed by atoms with Gasteiger partial charge in [0.25, 0.3) is 0 Å². The van der Waals surface area contributed by atoms with Gasteiger partial charge in [-0.3, -0.25) is 14.5 Å². The first kappa shape index (κ1) is 21.0. The van der Waals surface area contributed by atoms with Gasteiger partial charge in [-0.15, -0.1) is 12.4 Å². The summed E-state index contributed by atoms with van der Waals surface area (Å²) in [7, 11) is 0. The lowest BCUT2D eigenvalue weighted by Crippen LogP contribution is -2.43. The SMILES string of the molecule is CC(C)CN(C(=O)CN1C[C@@H](C(F)(F)F)[C@H](C(=O)O)C1)C1CC1.Cl. The fourth-order valence-corrected chi connectivity index (χ4v) is 3.11. The molecular weight excluding hydrogens is 349 g/mol. The second-order valence-corrected chi connectivity index (χ2v) is 6.96. The molecule has 140 valence electrons. The van der Waals surface area contributed by atoms with Crippen LogP contribution in [0.15, 0.2) is 0 Å². The van der Waals surface area contributed by atoms with Crippen LogP contribution in [0.5, 0.6) is 0 Å². The third-order valence-electron chi connectivity index (χ3n) is 4.36. The molecule has 1 aliphatic carbocycles. The quantitative estimate of drug-likeness (QED) is 0.777. The van der Waals surface area contributed by atoms with E-state index in [1.165, 1.54) is 4.90 Å². The maximum absolute atomic E-state index is 13.0. The van der Waals surface area contributed by atoms with Crippen LogP contribution in [0.3, 0.4) is 0 Å². The molecule has 0 bridgehead atoms. The molecule has 0 unspecified atom stereocenters. The van der Waals surface area contributed by atoms with Crippen molar-refractivity contribution in [2.75, 3.05) is 26.2 Å². The fourth-order valence-electron chi connectivity index (χ4n) is 3.11. The molecule has 9 heteroatoms. The molecular formula is C15H24ClF3N2O3. The molecule has 1 saturated carbocycles. The van der Waals surface area contributed by atoms with E-state index in [0.717, 1.165) is 12.8 Å². The van der Waals surface area contributed by atoms with Crippen LogP contribution in [-0.2, 0) is 9.59 Å². The van der Waals surface area contributed by atoms with Crippen molar-refractivity contribution >= 4 is 24.3 Å². The van der Waals surface area contributed by atoms with Crippen LogP contribution in [0.25, 0.3) is 0 Å². The largest absolute Gasteiger partial charge is 0.481 e. The number of aliphatic carboxylic acids is 1. The molecule has 0 aromatic carbocycles. The van der Waals surface area contributed by atoms with Crippen LogP contribution in [0.4, 0.5) is 13.2 Å². The van der Waals surface area contributed by atoms with Crippen molar-refractivity contribution in [3.05, 3.63) is 0 Å². The zero-order valence-corrected chi connectivity index (χ0v) is 14.6. The van der Waals surface area contributed by atoms with Gasteiger partial charge in [0.15, 0.2) is 0 Å². The van der Waals surface area contributed by atoms with E-state index in [1.807, 2.05) is 13.8 Å². The van der Waals surface area contributed by atoms with Crippen LogP contribution < -0.4 is 0 Å². The number of hydrogen-bond donors (Lipinski definition) is 1. The lowest BCUT2D eigenvalue weighted by molar-refractivity contribution is -0.188. The highest BCUT2D eigenvalue weighted by molar-refractivity contribution is 5.85. The Hall–Kier alpha value is -1.02. The lowest BCUT2D eigenvalue weighted by atomic mass is 9.96. The van der Waals surface area contributed by atoms with Gasteiger partial charge < -0.3 is 10.0 Å². The summed E-state index contributed by atoms with van der Waals surface area (Å²) in [5.74, 6) is -4.78. The minimum Gasteiger partial charge on any atom is -0.481 e. The number of amides is 1. The smallest absolute Gasteiger partial charge is 0.393 e. The number of hydrogen-bond acceptors (Lipinski definition) is 3. The number of likely N-dealkylation sites (tertiary alicyclic amines) is 1. The number of carboxylic acid groups (broad SMARTS) is 1. The molecule has 1 amide bonds. The van der Waals surface area contributed by atoms with Crippen molar-refractivity contribution in [1.82, 2.24) is 9.80 Å². The summed E-state index contributed by atoms with van der Waals surface area (Å²) in [6.07, 6.45) is -2.70. The summed E-state index contributed by atoms with van der Waals surface area (Å²) in [4.78, 5) is 26.5. The van der Waals surface area contributed by atoms with E-state index in [4.69, 9.17) is 5.11 Å². The summed E-state index contributed by atoms with van der Waals surface area (Å²) in [5.41, 5.74) is 0. The normalized spacial score (nSPS) is 24.8. The van der Waals surface area contributed by atoms with Crippen molar-refractivity contribution in [3.63, 3.8) is 0 Å². The Morgan fingerprint density at radius 1 is 1.25 bits per heavy atom. The lowest BCUT2D eigenvalue weighted by Gasteiger charge is -2.27. The Balaban J connectivity index is 0.00000288. The van der Waals surface area contributed by atoms with Crippen LogP contribution in [-0.4, -0.2) is 65.2 Å². The van der Waals surface area contributed by atoms with Gasteiger partial charge in [-0.1, -0.05) is 13.8 Å². The molecule has 0 spiro atoms. The Bertz CT molecular complexity index is 469. The molecule has 2 aliphatic rings. The average molecular weight is 373 g/mol. The van der Waals surface area contributed by atoms with Gasteiger partial charge in [0.05, 0.1) is 18.4 Å². The monoisotopic (exact) mass is 372 g/mol. The summed E-state index contributed by atoms with van der Waals surface area (Å²) in [6, 6.07) is 0.196. The van der Waals surface area contributed by atoms with Crippen molar-refractivity contribution in [1.29, 1.82) is 0 Å². The Labute approximate surface area is 145 Å². The second kappa shape index (κ2) is 7.91. The standard InChI is InChI=1S/C15H23F3N2O3.ClH/c1-9(2)5-20(10-3-4-10)13(21)8-19-6-11(14(22)23)12(7-19)15(16,17)18;/h9-12H,3-8H2,1-2H3,(H,22,23);1H/t11-,12-;/m1./s1. The van der Waals surface area contributed by atoms with E-state index in [9.17, 15) is 22.8 Å². The molecule has 2 rings (SSSR count). The molecule has 0 aromatic rings. The van der Waals surface area contributed by atoms with Crippen LogP contribution in [0.2, 0.25) is 0 Å². The maximum Gasteiger partial charge on any atom is 0.393 e. The number of halogens is 4. The first-order valence-corrected chi connectivity index (χ1v) is 7.91. The van der Waals surface area contributed by atoms with Crippen molar-refractivity contribution in [3.8, 4) is 0 Å². The number of carbonyl (C=O) groups excluding carboxylic acids is 1. The predicted octanol–water partition coefficient (Wildman–Crippen LogP) is 2.25. The van der Waals surface area contributed by atoms with Gasteiger partial charge in [-0.2, -0.15) is 13.2 Å². The number of carbonyl (C=O) groups is 2. The van der Waals surface area contributed by atoms with Crippen molar-refractivity contribution in [2.24, 2.45) is 17.8 Å². The third kappa shape index (κ3) is 5.24. The predicted molar refractivity (Wildman–Crippen MR) is 83.9 cm³/mol. The van der Waals surface area contributed by atoms with E-state index < -0.39 is 30.5 Å². The van der Waals surface area contributed by atoms with E-state index in [1.54, 1.807) is 4.90 Å². The van der Waals surface area contributed by atoms with Gasteiger partial charge >= 0.3 is 12.1 Å². The second-order valence-electron chi connectivity index (χ2n) is 6.96. The Kier molecular flexibility index (Phi) is 6.93. The molecule has 2 atom stereocenters. The minimum atomic E-state index is -4.56. The summed E-state index contributed by atoms with van der Waals surface area (Å²) < 4.78 is 38.9. The average Bonchev–Trinajstić information content (AvgIpc) is 3.14. The molecule has 2 fully saturated rings. The van der Waals surface area contributed by atoms with Crippen molar-refractivity contribution in [2.45, 2.75) is 38.9 Å². The van der Waals surface area contributed by atoms with Gasteiger partial charge in [0.2, 0.25) is 5.91 Å². The molecule has 0 radical (unpaired) electrons. The van der Waals surface area contributed by atoms with Gasteiger partial charge in [-0.05, 0) is 18.8 Å². The van der Waals surface area contributed by atoms with Gasteiger partial charge in [0.1, 0.15) is 0 Å². The minimum absolute atomic E-state index is 0. The van der Waals surface area contributed by atoms with Crippen LogP contribution >= 0.6 is 12.4 Å². The zero-order chi connectivity index (χ0) is 17.4. The number of nitrogens with zero attached hydrogens (tertiary/aromatic N) is 2. The summed E-state index contributed by atoms with van der Waals surface area (Å²) in [5, 5.41) is 9.00. The fraction of sp³-hybridized carbons (Fsp3) is 0.867. The zero-order valence-electron chi connectivity index (χ0n) is 13.8. The highest BCUT2D eigenvalue weighted by Gasteiger charge is 2.52. The number of rotatable bonds is 6. The first-order valence-electron chi connectivity index (χ1n) is 7.91. The molecule has 0 aromatic heterocycles. The van der Waals surface area contributed by atoms with Crippen LogP contribution in [0.1, 0.15) is 26.7 Å². The molecule has 5 nitrogen and oxygen atoms in total. The maximum atomic E-state index is 13.0. The first-order chi connectivity index (χ1) is 10.6. The van der Waals surface area contributed by atoms with E-state index in [2.05, 4.69) is 0 Å². The van der Waals surface area contributed by atoms with Crippen LogP contribution in [0, 0.1) is 17.8 Å². The number of alkyl halides is 3.